The Morgan fingerprint density at radius 3 is 0.950 bits per heavy atom. The van der Waals surface area contributed by atoms with E-state index in [9.17, 15) is 0 Å². The van der Waals surface area contributed by atoms with Crippen molar-refractivity contribution >= 4 is 139 Å². The standard InChI is InChI=1S/C28H14Cl12/c1-13-21(15-9-5-3-6-10-15,25(35)19(31)17(29)23(13,33)27(25,37)38)22(16-11-7-4-8-12-16)14(2)24(34)18(30)20(32)26(22,36)28(24,39)40/h3-12H,1-2H2. The fraction of sp³-hybridized carbons (Fsp3) is 0.286. The van der Waals surface area contributed by atoms with Gasteiger partial charge < -0.3 is 0 Å². The molecule has 4 aliphatic carbocycles. The second-order valence-electron chi connectivity index (χ2n) is 10.2. The molecule has 0 N–H and O–H groups in total. The minimum absolute atomic E-state index is 0.0868. The molecule has 6 atom stereocenters. The predicted molar refractivity (Wildman–Crippen MR) is 175 cm³/mol. The predicted octanol–water partition coefficient (Wildman–Crippen LogP) is 11.7. The van der Waals surface area contributed by atoms with E-state index in [1.165, 1.54) is 0 Å². The van der Waals surface area contributed by atoms with Gasteiger partial charge in [0.15, 0.2) is 8.67 Å². The molecule has 4 bridgehead atoms. The highest BCUT2D eigenvalue weighted by atomic mass is 35.5. The summed E-state index contributed by atoms with van der Waals surface area (Å²) in [7, 11) is 0. The first kappa shape index (κ1) is 30.9. The third-order valence-corrected chi connectivity index (χ3v) is 17.5. The van der Waals surface area contributed by atoms with E-state index in [4.69, 9.17) is 139 Å². The van der Waals surface area contributed by atoms with Crippen LogP contribution in [0.4, 0.5) is 0 Å². The maximum absolute atomic E-state index is 7.78. The van der Waals surface area contributed by atoms with Crippen molar-refractivity contribution in [1.29, 1.82) is 0 Å². The molecule has 2 fully saturated rings. The Balaban J connectivity index is 1.97. The third-order valence-electron chi connectivity index (χ3n) is 9.07. The highest BCUT2D eigenvalue weighted by Gasteiger charge is 2.97. The molecule has 2 aromatic carbocycles. The lowest BCUT2D eigenvalue weighted by molar-refractivity contribution is 0.236. The molecule has 12 heteroatoms. The van der Waals surface area contributed by atoms with Crippen molar-refractivity contribution in [2.24, 2.45) is 0 Å². The van der Waals surface area contributed by atoms with Crippen LogP contribution in [0.5, 0.6) is 0 Å². The van der Waals surface area contributed by atoms with Crippen molar-refractivity contribution < 1.29 is 0 Å². The van der Waals surface area contributed by atoms with Gasteiger partial charge in [0.1, 0.15) is 19.5 Å². The molecule has 0 heterocycles. The summed E-state index contributed by atoms with van der Waals surface area (Å²) in [5, 5.41) is -0.418. The van der Waals surface area contributed by atoms with Crippen LogP contribution in [0.2, 0.25) is 0 Å². The van der Waals surface area contributed by atoms with Crippen molar-refractivity contribution in [2.45, 2.75) is 39.0 Å². The molecule has 2 saturated carbocycles. The molecule has 0 spiro atoms. The number of allylic oxidation sites excluding steroid dienone is 6. The van der Waals surface area contributed by atoms with Gasteiger partial charge in [-0.15, -0.1) is 46.4 Å². The summed E-state index contributed by atoms with van der Waals surface area (Å²) in [6.07, 6.45) is 0. The Morgan fingerprint density at radius 1 is 0.425 bits per heavy atom. The monoisotopic (exact) mass is 770 g/mol. The summed E-state index contributed by atoms with van der Waals surface area (Å²) in [6.45, 7) is 8.92. The van der Waals surface area contributed by atoms with Gasteiger partial charge in [0.25, 0.3) is 0 Å². The van der Waals surface area contributed by atoms with Crippen molar-refractivity contribution in [3.05, 3.63) is 116 Å². The van der Waals surface area contributed by atoms with Crippen LogP contribution >= 0.6 is 139 Å². The van der Waals surface area contributed by atoms with Gasteiger partial charge in [0.05, 0.1) is 31.0 Å². The summed E-state index contributed by atoms with van der Waals surface area (Å²) in [5.41, 5.74) is -2.30. The average Bonchev–Trinajstić information content (AvgIpc) is 3.23. The summed E-state index contributed by atoms with van der Waals surface area (Å²) < 4.78 is -4.22. The number of hydrogen-bond acceptors (Lipinski definition) is 0. The average molecular weight is 776 g/mol. The fourth-order valence-corrected chi connectivity index (χ4v) is 13.6. The number of halogens is 12. The number of alkyl halides is 8. The van der Waals surface area contributed by atoms with E-state index in [-0.39, 0.29) is 31.3 Å². The first-order chi connectivity index (χ1) is 18.4. The molecule has 0 amide bonds. The summed E-state index contributed by atoms with van der Waals surface area (Å²) in [4.78, 5) is -7.95. The fourth-order valence-electron chi connectivity index (χ4n) is 7.53. The Labute approximate surface area is 291 Å². The number of hydrogen-bond donors (Lipinski definition) is 0. The zero-order valence-electron chi connectivity index (χ0n) is 19.7. The van der Waals surface area contributed by atoms with Gasteiger partial charge in [-0.05, 0) is 22.3 Å². The quantitative estimate of drug-likeness (QED) is 0.215. The SMILES string of the molecule is C=C1C2(Cl)C(Cl)=C(Cl)C(Cl)(C2(Cl)Cl)C1(c1ccccc1)C1(c2ccccc2)C(=C)C2(Cl)C(Cl)=C(Cl)C1(Cl)C2(Cl)Cl. The van der Waals surface area contributed by atoms with Gasteiger partial charge in [-0.25, -0.2) is 0 Å². The van der Waals surface area contributed by atoms with Gasteiger partial charge in [-0.2, -0.15) is 0 Å². The Kier molecular flexibility index (Phi) is 6.78. The molecule has 40 heavy (non-hydrogen) atoms. The molecule has 0 aliphatic heterocycles. The van der Waals surface area contributed by atoms with Crippen molar-refractivity contribution in [3.63, 3.8) is 0 Å². The van der Waals surface area contributed by atoms with Gasteiger partial charge in [-0.1, -0.05) is 167 Å². The molecular formula is C28H14Cl12. The van der Waals surface area contributed by atoms with Crippen LogP contribution < -0.4 is 0 Å². The van der Waals surface area contributed by atoms with Crippen LogP contribution in [0.15, 0.2) is 105 Å². The van der Waals surface area contributed by atoms with E-state index in [0.717, 1.165) is 0 Å². The first-order valence-corrected chi connectivity index (χ1v) is 16.1. The van der Waals surface area contributed by atoms with E-state index in [1.54, 1.807) is 48.5 Å². The Morgan fingerprint density at radius 2 is 0.700 bits per heavy atom. The molecule has 210 valence electrons. The first-order valence-electron chi connectivity index (χ1n) is 11.5. The van der Waals surface area contributed by atoms with Crippen molar-refractivity contribution in [2.75, 3.05) is 0 Å². The molecular weight excluding hydrogens is 762 g/mol. The van der Waals surface area contributed by atoms with Crippen LogP contribution in [0.1, 0.15) is 11.1 Å². The molecule has 6 rings (SSSR count). The topological polar surface area (TPSA) is 0 Å². The highest BCUT2D eigenvalue weighted by Crippen LogP contribution is 2.91. The maximum Gasteiger partial charge on any atom is 0.171 e. The Hall–Kier alpha value is 0.880. The van der Waals surface area contributed by atoms with E-state index in [1.807, 2.05) is 12.1 Å². The minimum Gasteiger partial charge on any atom is -0.108 e. The Bertz CT molecular complexity index is 1480. The van der Waals surface area contributed by atoms with Crippen molar-refractivity contribution in [3.8, 4) is 0 Å². The third kappa shape index (κ3) is 2.55. The van der Waals surface area contributed by atoms with Gasteiger partial charge in [0, 0.05) is 0 Å². The molecule has 6 unspecified atom stereocenters. The minimum atomic E-state index is -2.11. The van der Waals surface area contributed by atoms with Gasteiger partial charge in [0.2, 0.25) is 0 Å². The van der Waals surface area contributed by atoms with Crippen LogP contribution in [0.3, 0.4) is 0 Å². The summed E-state index contributed by atoms with van der Waals surface area (Å²) in [5.74, 6) is 0. The van der Waals surface area contributed by atoms with Gasteiger partial charge >= 0.3 is 0 Å². The molecule has 0 radical (unpaired) electrons. The molecule has 0 nitrogen and oxygen atoms in total. The summed E-state index contributed by atoms with van der Waals surface area (Å²) >= 11 is 86.7. The van der Waals surface area contributed by atoms with Crippen LogP contribution in [-0.4, -0.2) is 28.2 Å². The second-order valence-corrected chi connectivity index (χ2v) is 16.7. The van der Waals surface area contributed by atoms with E-state index in [2.05, 4.69) is 13.2 Å². The molecule has 4 aliphatic rings. The number of benzene rings is 2. The number of rotatable bonds is 3. The smallest absolute Gasteiger partial charge is 0.108 e. The zero-order chi connectivity index (χ0) is 29.7. The molecule has 0 saturated heterocycles. The lowest BCUT2D eigenvalue weighted by atomic mass is 9.44. The molecule has 2 aromatic rings. The largest absolute Gasteiger partial charge is 0.171 e. The van der Waals surface area contributed by atoms with E-state index < -0.39 is 39.0 Å². The number of fused-ring (bicyclic) bond motifs is 4. The zero-order valence-corrected chi connectivity index (χ0v) is 28.8. The van der Waals surface area contributed by atoms with Crippen LogP contribution in [-0.2, 0) is 10.8 Å². The highest BCUT2D eigenvalue weighted by molar-refractivity contribution is 6.69. The molecule has 0 aromatic heterocycles. The maximum atomic E-state index is 7.78. The summed E-state index contributed by atoms with van der Waals surface area (Å²) in [6, 6.07) is 17.9. The van der Waals surface area contributed by atoms with Crippen LogP contribution in [0.25, 0.3) is 0 Å². The van der Waals surface area contributed by atoms with Gasteiger partial charge in [-0.3, -0.25) is 0 Å². The van der Waals surface area contributed by atoms with Crippen molar-refractivity contribution in [1.82, 2.24) is 0 Å². The lowest BCUT2D eigenvalue weighted by Crippen LogP contribution is -2.70. The lowest BCUT2D eigenvalue weighted by Gasteiger charge is -2.62. The normalized spacial score (nSPS) is 42.9. The second kappa shape index (κ2) is 8.78. The van der Waals surface area contributed by atoms with E-state index in [0.29, 0.717) is 11.1 Å². The van der Waals surface area contributed by atoms with E-state index >= 15 is 0 Å². The van der Waals surface area contributed by atoms with Crippen LogP contribution in [0, 0.1) is 0 Å².